The molecule has 4 heterocycles. The van der Waals surface area contributed by atoms with Crippen molar-refractivity contribution in [3.63, 3.8) is 0 Å². The summed E-state index contributed by atoms with van der Waals surface area (Å²) in [4.78, 5) is 39.9. The molecule has 162 valence electrons. The Morgan fingerprint density at radius 1 is 1.13 bits per heavy atom. The minimum absolute atomic E-state index is 0.150. The van der Waals surface area contributed by atoms with Crippen molar-refractivity contribution in [3.8, 4) is 0 Å². The minimum Gasteiger partial charge on any atom is -0.440 e. The molecule has 1 aromatic carbocycles. The van der Waals surface area contributed by atoms with E-state index in [1.807, 2.05) is 13.0 Å². The first kappa shape index (κ1) is 19.7. The molecule has 2 aromatic rings. The van der Waals surface area contributed by atoms with E-state index in [0.717, 1.165) is 11.6 Å². The molecule has 3 aliphatic heterocycles. The molecular weight excluding hydrogens is 401 g/mol. The van der Waals surface area contributed by atoms with E-state index < -0.39 is 5.60 Å². The minimum atomic E-state index is -0.614. The van der Waals surface area contributed by atoms with Gasteiger partial charge in [0.15, 0.2) is 0 Å². The lowest BCUT2D eigenvalue weighted by Crippen LogP contribution is -2.61. The number of aromatic nitrogens is 2. The number of anilines is 1. The number of aryl methyl sites for hydroxylation is 1. The maximum Gasteiger partial charge on any atom is 0.410 e. The second kappa shape index (κ2) is 7.47. The number of carbonyl (C=O) groups is 2. The van der Waals surface area contributed by atoms with Crippen molar-refractivity contribution in [2.24, 2.45) is 0 Å². The molecule has 0 radical (unpaired) electrons. The fourth-order valence-electron chi connectivity index (χ4n) is 4.88. The van der Waals surface area contributed by atoms with Gasteiger partial charge < -0.3 is 14.5 Å². The van der Waals surface area contributed by atoms with Crippen LogP contribution in [0.15, 0.2) is 36.5 Å². The smallest absolute Gasteiger partial charge is 0.410 e. The van der Waals surface area contributed by atoms with Crippen LogP contribution < -0.4 is 4.90 Å². The van der Waals surface area contributed by atoms with Crippen molar-refractivity contribution in [1.29, 1.82) is 0 Å². The van der Waals surface area contributed by atoms with Gasteiger partial charge in [0.1, 0.15) is 23.1 Å². The normalized spacial score (nSPS) is 22.5. The molecule has 0 bridgehead atoms. The highest BCUT2D eigenvalue weighted by atomic mass is 19.1. The number of piperazine rings is 1. The highest BCUT2D eigenvalue weighted by Gasteiger charge is 2.57. The third-order valence-corrected chi connectivity index (χ3v) is 6.59. The largest absolute Gasteiger partial charge is 0.440 e. The van der Waals surface area contributed by atoms with E-state index in [-0.39, 0.29) is 23.9 Å². The molecule has 0 aliphatic carbocycles. The van der Waals surface area contributed by atoms with Crippen LogP contribution in [0.2, 0.25) is 0 Å². The molecule has 0 N–H and O–H groups in total. The van der Waals surface area contributed by atoms with Gasteiger partial charge in [-0.15, -0.1) is 0 Å². The maximum atomic E-state index is 13.2. The van der Waals surface area contributed by atoms with Gasteiger partial charge in [-0.25, -0.2) is 19.2 Å². The second-order valence-corrected chi connectivity index (χ2v) is 8.35. The number of amides is 2. The number of carbonyl (C=O) groups excluding carboxylic acids is 2. The summed E-state index contributed by atoms with van der Waals surface area (Å²) < 4.78 is 19.2. The fraction of sp³-hybridized carbons (Fsp3) is 0.455. The first-order valence-corrected chi connectivity index (χ1v) is 10.5. The molecule has 1 unspecified atom stereocenters. The van der Waals surface area contributed by atoms with E-state index >= 15 is 0 Å². The molecule has 2 amide bonds. The molecule has 1 spiro atoms. The van der Waals surface area contributed by atoms with Gasteiger partial charge in [0.2, 0.25) is 0 Å². The molecule has 0 saturated carbocycles. The Morgan fingerprint density at radius 3 is 2.58 bits per heavy atom. The average molecular weight is 425 g/mol. The van der Waals surface area contributed by atoms with Crippen LogP contribution in [0.1, 0.15) is 29.0 Å². The first-order chi connectivity index (χ1) is 14.9. The van der Waals surface area contributed by atoms with Gasteiger partial charge in [-0.05, 0) is 37.3 Å². The Bertz CT molecular complexity index is 1010. The van der Waals surface area contributed by atoms with Crippen LogP contribution in [0.5, 0.6) is 0 Å². The van der Waals surface area contributed by atoms with Crippen LogP contribution >= 0.6 is 0 Å². The van der Waals surface area contributed by atoms with E-state index in [1.54, 1.807) is 16.0 Å². The predicted molar refractivity (Wildman–Crippen MR) is 110 cm³/mol. The zero-order chi connectivity index (χ0) is 21.6. The summed E-state index contributed by atoms with van der Waals surface area (Å²) in [6.07, 6.45) is 2.79. The van der Waals surface area contributed by atoms with Crippen LogP contribution in [-0.4, -0.2) is 76.1 Å². The molecule has 3 saturated heterocycles. The van der Waals surface area contributed by atoms with Crippen molar-refractivity contribution >= 4 is 17.8 Å². The van der Waals surface area contributed by atoms with Crippen LogP contribution in [0.3, 0.4) is 0 Å². The molecular formula is C22H24FN5O3. The van der Waals surface area contributed by atoms with Crippen molar-refractivity contribution in [2.75, 3.05) is 37.6 Å². The number of nitrogens with zero attached hydrogens (tertiary/aromatic N) is 5. The standard InChI is InChI=1S/C22H24FN5O3/c1-15-24-9-6-19(25-15)26-10-7-22(8-11-26)18-14-27(12-13-28(18)21(30)31-22)20(29)16-2-4-17(23)5-3-16/h2-6,9,18H,7-8,10-14H2,1H3. The monoisotopic (exact) mass is 425 g/mol. The highest BCUT2D eigenvalue weighted by Crippen LogP contribution is 2.41. The van der Waals surface area contributed by atoms with Crippen LogP contribution in [-0.2, 0) is 4.74 Å². The highest BCUT2D eigenvalue weighted by molar-refractivity contribution is 5.94. The zero-order valence-electron chi connectivity index (χ0n) is 17.3. The first-order valence-electron chi connectivity index (χ1n) is 10.5. The molecule has 3 aliphatic rings. The number of hydrogen-bond donors (Lipinski definition) is 0. The third-order valence-electron chi connectivity index (χ3n) is 6.59. The summed E-state index contributed by atoms with van der Waals surface area (Å²) in [6, 6.07) is 7.28. The van der Waals surface area contributed by atoms with E-state index in [0.29, 0.717) is 51.1 Å². The Balaban J connectivity index is 1.32. The topological polar surface area (TPSA) is 78.9 Å². The Kier molecular flexibility index (Phi) is 4.75. The Morgan fingerprint density at radius 2 is 1.87 bits per heavy atom. The number of ether oxygens (including phenoxy) is 1. The van der Waals surface area contributed by atoms with Gasteiger partial charge in [-0.1, -0.05) is 0 Å². The number of hydrogen-bond acceptors (Lipinski definition) is 6. The summed E-state index contributed by atoms with van der Waals surface area (Å²) >= 11 is 0. The quantitative estimate of drug-likeness (QED) is 0.734. The average Bonchev–Trinajstić information content (AvgIpc) is 3.05. The molecule has 5 rings (SSSR count). The molecule has 9 heteroatoms. The molecule has 31 heavy (non-hydrogen) atoms. The lowest BCUT2D eigenvalue weighted by Gasteiger charge is -2.45. The van der Waals surface area contributed by atoms with Gasteiger partial charge in [-0.2, -0.15) is 0 Å². The van der Waals surface area contributed by atoms with Gasteiger partial charge in [0.05, 0.1) is 6.04 Å². The summed E-state index contributed by atoms with van der Waals surface area (Å²) in [5.41, 5.74) is -0.166. The van der Waals surface area contributed by atoms with E-state index in [2.05, 4.69) is 14.9 Å². The van der Waals surface area contributed by atoms with Crippen LogP contribution in [0, 0.1) is 12.7 Å². The van der Waals surface area contributed by atoms with E-state index in [4.69, 9.17) is 4.74 Å². The summed E-state index contributed by atoms with van der Waals surface area (Å²) in [6.45, 7) is 4.56. The van der Waals surface area contributed by atoms with Gasteiger partial charge in [0.25, 0.3) is 5.91 Å². The van der Waals surface area contributed by atoms with Crippen molar-refractivity contribution in [2.45, 2.75) is 31.4 Å². The summed E-state index contributed by atoms with van der Waals surface area (Å²) in [5, 5.41) is 0. The summed E-state index contributed by atoms with van der Waals surface area (Å²) in [5.74, 6) is 1.07. The Hall–Kier alpha value is -3.23. The van der Waals surface area contributed by atoms with E-state index in [9.17, 15) is 14.0 Å². The number of benzene rings is 1. The lowest BCUT2D eigenvalue weighted by molar-refractivity contribution is -0.00320. The number of fused-ring (bicyclic) bond motifs is 2. The van der Waals surface area contributed by atoms with Crippen molar-refractivity contribution in [1.82, 2.24) is 19.8 Å². The van der Waals surface area contributed by atoms with Crippen molar-refractivity contribution in [3.05, 3.63) is 53.7 Å². The van der Waals surface area contributed by atoms with Gasteiger partial charge in [0, 0.05) is 57.3 Å². The second-order valence-electron chi connectivity index (χ2n) is 8.35. The molecule has 3 fully saturated rings. The predicted octanol–water partition coefficient (Wildman–Crippen LogP) is 2.24. The SMILES string of the molecule is Cc1nccc(N2CCC3(CC2)OC(=O)N2CCN(C(=O)c4ccc(F)cc4)CC23)n1. The molecule has 1 aromatic heterocycles. The summed E-state index contributed by atoms with van der Waals surface area (Å²) in [7, 11) is 0. The maximum absolute atomic E-state index is 13.2. The molecule has 8 nitrogen and oxygen atoms in total. The lowest BCUT2D eigenvalue weighted by atomic mass is 9.83. The van der Waals surface area contributed by atoms with Gasteiger partial charge in [-0.3, -0.25) is 9.69 Å². The van der Waals surface area contributed by atoms with E-state index in [1.165, 1.54) is 24.3 Å². The number of halogens is 1. The Labute approximate surface area is 179 Å². The molecule has 1 atom stereocenters. The van der Waals surface area contributed by atoms with Crippen LogP contribution in [0.25, 0.3) is 0 Å². The third kappa shape index (κ3) is 3.47. The number of rotatable bonds is 2. The van der Waals surface area contributed by atoms with Crippen LogP contribution in [0.4, 0.5) is 15.0 Å². The zero-order valence-corrected chi connectivity index (χ0v) is 17.3. The van der Waals surface area contributed by atoms with Crippen molar-refractivity contribution < 1.29 is 18.7 Å². The fourth-order valence-corrected chi connectivity index (χ4v) is 4.88. The number of piperidine rings is 1. The van der Waals surface area contributed by atoms with Gasteiger partial charge >= 0.3 is 6.09 Å².